The van der Waals surface area contributed by atoms with E-state index in [0.717, 1.165) is 6.26 Å². The molecule has 1 rings (SSSR count). The van der Waals surface area contributed by atoms with Crippen LogP contribution in [0.2, 0.25) is 0 Å². The lowest BCUT2D eigenvalue weighted by Gasteiger charge is -2.22. The molecule has 1 aliphatic carbocycles. The van der Waals surface area contributed by atoms with E-state index in [-0.39, 0.29) is 5.70 Å². The minimum atomic E-state index is -3.54. The standard InChI is InChI=1S/C10H12ClFN2O2S/c1-3-8-4-7(6-13-11)5-9(12)10(8)14-17(2,15)16/h1,5,8,13-14H,4,6H2,2H3. The number of nitrogens with one attached hydrogen (secondary N) is 2. The average molecular weight is 279 g/mol. The molecular weight excluding hydrogens is 267 g/mol. The number of halogens is 2. The van der Waals surface area contributed by atoms with Crippen molar-refractivity contribution in [3.05, 3.63) is 23.2 Å². The molecule has 0 spiro atoms. The summed E-state index contributed by atoms with van der Waals surface area (Å²) in [5.74, 6) is 1.05. The molecule has 0 aromatic carbocycles. The Morgan fingerprint density at radius 3 is 2.82 bits per heavy atom. The molecule has 0 aliphatic heterocycles. The SMILES string of the molecule is C#CC1CC(CNCl)=CC(F)=C1NS(C)(=O)=O. The van der Waals surface area contributed by atoms with Crippen LogP contribution in [0.3, 0.4) is 0 Å². The predicted octanol–water partition coefficient (Wildman–Crippen LogP) is 1.04. The molecule has 0 aromatic heterocycles. The molecule has 0 aromatic rings. The zero-order valence-corrected chi connectivity index (χ0v) is 10.7. The smallest absolute Gasteiger partial charge is 0.229 e. The Morgan fingerprint density at radius 2 is 2.35 bits per heavy atom. The first-order valence-electron chi connectivity index (χ1n) is 4.74. The number of sulfonamides is 1. The van der Waals surface area contributed by atoms with E-state index in [0.29, 0.717) is 18.5 Å². The third kappa shape index (κ3) is 4.04. The van der Waals surface area contributed by atoms with Gasteiger partial charge < -0.3 is 0 Å². The van der Waals surface area contributed by atoms with Crippen LogP contribution >= 0.6 is 11.8 Å². The van der Waals surface area contributed by atoms with E-state index in [1.165, 1.54) is 6.08 Å². The van der Waals surface area contributed by atoms with Gasteiger partial charge in [-0.15, -0.1) is 6.42 Å². The second kappa shape index (κ2) is 5.54. The Balaban J connectivity index is 3.06. The molecule has 0 heterocycles. The molecule has 1 aliphatic rings. The summed E-state index contributed by atoms with van der Waals surface area (Å²) in [5.41, 5.74) is 0.591. The fourth-order valence-electron chi connectivity index (χ4n) is 1.52. The van der Waals surface area contributed by atoms with Gasteiger partial charge in [-0.25, -0.2) is 17.6 Å². The molecular formula is C10H12ClFN2O2S. The van der Waals surface area contributed by atoms with Gasteiger partial charge in [0.05, 0.1) is 17.9 Å². The van der Waals surface area contributed by atoms with Gasteiger partial charge in [-0.05, 0) is 24.3 Å². The van der Waals surface area contributed by atoms with E-state index in [2.05, 4.69) is 15.5 Å². The second-order valence-corrected chi connectivity index (χ2v) is 5.69. The Bertz CT molecular complexity index is 505. The second-order valence-electron chi connectivity index (χ2n) is 3.67. The maximum atomic E-state index is 13.7. The van der Waals surface area contributed by atoms with E-state index in [1.807, 2.05) is 0 Å². The van der Waals surface area contributed by atoms with Crippen LogP contribution in [0.15, 0.2) is 23.2 Å². The third-order valence-electron chi connectivity index (χ3n) is 2.19. The summed E-state index contributed by atoms with van der Waals surface area (Å²) in [6.45, 7) is 0.291. The maximum Gasteiger partial charge on any atom is 0.229 e. The Hall–Kier alpha value is -1.03. The summed E-state index contributed by atoms with van der Waals surface area (Å²) in [7, 11) is -3.54. The van der Waals surface area contributed by atoms with Crippen LogP contribution in [0.5, 0.6) is 0 Å². The minimum Gasteiger partial charge on any atom is -0.283 e. The molecule has 4 nitrogen and oxygen atoms in total. The summed E-state index contributed by atoms with van der Waals surface area (Å²) in [5, 5.41) is 0. The summed E-state index contributed by atoms with van der Waals surface area (Å²) in [6.07, 6.45) is 7.81. The minimum absolute atomic E-state index is 0.0895. The normalized spacial score (nSPS) is 20.8. The number of hydrogen-bond acceptors (Lipinski definition) is 3. The zero-order chi connectivity index (χ0) is 13.1. The molecule has 0 amide bonds. The lowest BCUT2D eigenvalue weighted by atomic mass is 9.91. The van der Waals surface area contributed by atoms with Crippen LogP contribution in [0, 0.1) is 18.3 Å². The Labute approximate surface area is 105 Å². The number of allylic oxidation sites excluding steroid dienone is 3. The van der Waals surface area contributed by atoms with Crippen LogP contribution in [0.25, 0.3) is 0 Å². The molecule has 1 unspecified atom stereocenters. The molecule has 0 fully saturated rings. The van der Waals surface area contributed by atoms with Crippen molar-refractivity contribution in [3.8, 4) is 12.3 Å². The molecule has 2 N–H and O–H groups in total. The lowest BCUT2D eigenvalue weighted by Crippen LogP contribution is -2.29. The van der Waals surface area contributed by atoms with E-state index in [1.54, 1.807) is 0 Å². The van der Waals surface area contributed by atoms with Crippen molar-refractivity contribution in [1.82, 2.24) is 9.56 Å². The quantitative estimate of drug-likeness (QED) is 0.597. The van der Waals surface area contributed by atoms with Crippen molar-refractivity contribution in [2.24, 2.45) is 5.92 Å². The monoisotopic (exact) mass is 278 g/mol. The number of terminal acetylenes is 1. The highest BCUT2D eigenvalue weighted by atomic mass is 35.5. The van der Waals surface area contributed by atoms with Crippen LogP contribution in [-0.4, -0.2) is 21.2 Å². The van der Waals surface area contributed by atoms with Crippen molar-refractivity contribution in [3.63, 3.8) is 0 Å². The summed E-state index contributed by atoms with van der Waals surface area (Å²) in [6, 6.07) is 0. The van der Waals surface area contributed by atoms with Gasteiger partial charge in [0, 0.05) is 6.54 Å². The van der Waals surface area contributed by atoms with Gasteiger partial charge in [0.25, 0.3) is 0 Å². The van der Waals surface area contributed by atoms with Crippen LogP contribution in [0.1, 0.15) is 6.42 Å². The van der Waals surface area contributed by atoms with Crippen molar-refractivity contribution >= 4 is 21.8 Å². The molecule has 1 atom stereocenters. The first kappa shape index (κ1) is 14.0. The van der Waals surface area contributed by atoms with Crippen molar-refractivity contribution < 1.29 is 12.8 Å². The highest BCUT2D eigenvalue weighted by molar-refractivity contribution is 7.88. The van der Waals surface area contributed by atoms with Gasteiger partial charge >= 0.3 is 0 Å². The highest BCUT2D eigenvalue weighted by Gasteiger charge is 2.24. The summed E-state index contributed by atoms with van der Waals surface area (Å²) in [4.78, 5) is 2.37. The molecule has 0 saturated heterocycles. The first-order chi connectivity index (χ1) is 7.87. The molecule has 0 saturated carbocycles. The van der Waals surface area contributed by atoms with Gasteiger partial charge in [0.15, 0.2) is 0 Å². The Morgan fingerprint density at radius 1 is 1.71 bits per heavy atom. The van der Waals surface area contributed by atoms with E-state index in [9.17, 15) is 12.8 Å². The summed E-state index contributed by atoms with van der Waals surface area (Å²) >= 11 is 5.32. The fourth-order valence-corrected chi connectivity index (χ4v) is 2.33. The number of rotatable bonds is 4. The molecule has 0 bridgehead atoms. The van der Waals surface area contributed by atoms with Crippen molar-refractivity contribution in [2.75, 3.05) is 12.8 Å². The highest BCUT2D eigenvalue weighted by Crippen LogP contribution is 2.28. The average Bonchev–Trinajstić information content (AvgIpc) is 2.20. The van der Waals surface area contributed by atoms with E-state index < -0.39 is 21.8 Å². The van der Waals surface area contributed by atoms with Crippen LogP contribution in [-0.2, 0) is 10.0 Å². The molecule has 7 heteroatoms. The van der Waals surface area contributed by atoms with Gasteiger partial charge in [-0.2, -0.15) is 0 Å². The fraction of sp³-hybridized carbons (Fsp3) is 0.400. The van der Waals surface area contributed by atoms with Crippen molar-refractivity contribution in [2.45, 2.75) is 6.42 Å². The zero-order valence-electron chi connectivity index (χ0n) is 9.13. The Kier molecular flexibility index (Phi) is 4.57. The molecule has 94 valence electrons. The van der Waals surface area contributed by atoms with E-state index in [4.69, 9.17) is 18.2 Å². The predicted molar refractivity (Wildman–Crippen MR) is 65.0 cm³/mol. The van der Waals surface area contributed by atoms with Gasteiger partial charge in [-0.3, -0.25) is 4.72 Å². The van der Waals surface area contributed by atoms with Crippen molar-refractivity contribution in [1.29, 1.82) is 0 Å². The van der Waals surface area contributed by atoms with Crippen LogP contribution in [0.4, 0.5) is 4.39 Å². The number of hydrogen-bond donors (Lipinski definition) is 2. The topological polar surface area (TPSA) is 58.2 Å². The first-order valence-corrected chi connectivity index (χ1v) is 7.01. The van der Waals surface area contributed by atoms with Gasteiger partial charge in [0.2, 0.25) is 10.0 Å². The summed E-state index contributed by atoms with van der Waals surface area (Å²) < 4.78 is 38.0. The van der Waals surface area contributed by atoms with Gasteiger partial charge in [-0.1, -0.05) is 11.5 Å². The largest absolute Gasteiger partial charge is 0.283 e. The van der Waals surface area contributed by atoms with E-state index >= 15 is 0 Å². The third-order valence-corrected chi connectivity index (χ3v) is 2.92. The van der Waals surface area contributed by atoms with Gasteiger partial charge in [0.1, 0.15) is 5.83 Å². The molecule has 0 radical (unpaired) electrons. The molecule has 17 heavy (non-hydrogen) atoms. The lowest BCUT2D eigenvalue weighted by molar-refractivity contribution is 0.562. The maximum absolute atomic E-state index is 13.7. The van der Waals surface area contributed by atoms with Crippen LogP contribution < -0.4 is 9.56 Å².